The fourth-order valence-electron chi connectivity index (χ4n) is 3.26. The lowest BCUT2D eigenvalue weighted by molar-refractivity contribution is -0.122. The molecule has 0 radical (unpaired) electrons. The molecule has 2 rings (SSSR count). The summed E-state index contributed by atoms with van der Waals surface area (Å²) < 4.78 is 5.96. The maximum absolute atomic E-state index is 11.6. The van der Waals surface area contributed by atoms with Crippen molar-refractivity contribution in [2.75, 3.05) is 32.8 Å². The van der Waals surface area contributed by atoms with E-state index in [0.717, 1.165) is 57.8 Å². The average molecular weight is 494 g/mol. The number of rotatable bonds is 12. The molecule has 7 heteroatoms. The summed E-state index contributed by atoms with van der Waals surface area (Å²) in [6.07, 6.45) is 12.6. The second kappa shape index (κ2) is 15.4. The third kappa shape index (κ3) is 11.8. The van der Waals surface area contributed by atoms with E-state index in [0.29, 0.717) is 19.2 Å². The molecule has 2 saturated carbocycles. The quantitative estimate of drug-likeness (QED) is 0.169. The van der Waals surface area contributed by atoms with Gasteiger partial charge in [-0.15, -0.1) is 24.0 Å². The van der Waals surface area contributed by atoms with Crippen molar-refractivity contribution < 1.29 is 9.53 Å². The smallest absolute Gasteiger partial charge is 0.223 e. The van der Waals surface area contributed by atoms with Gasteiger partial charge in [0.05, 0.1) is 6.10 Å². The van der Waals surface area contributed by atoms with Gasteiger partial charge in [-0.3, -0.25) is 9.79 Å². The molecule has 0 unspecified atom stereocenters. The van der Waals surface area contributed by atoms with Gasteiger partial charge >= 0.3 is 0 Å². The molecule has 0 aromatic carbocycles. The number of amides is 1. The number of unbranched alkanes of at least 4 members (excludes halogenated alkanes) is 2. The summed E-state index contributed by atoms with van der Waals surface area (Å²) in [6.45, 7) is 5.99. The van der Waals surface area contributed by atoms with Crippen molar-refractivity contribution in [1.82, 2.24) is 16.0 Å². The van der Waals surface area contributed by atoms with Gasteiger partial charge in [0, 0.05) is 38.7 Å². The number of aliphatic imine (C=N–C) groups is 1. The SMILES string of the molecule is CCNC(=NCCCCCOC1CCCCC1)NCCNC(=O)C1CC1.I. The number of halogens is 1. The van der Waals surface area contributed by atoms with Crippen LogP contribution < -0.4 is 16.0 Å². The van der Waals surface area contributed by atoms with Crippen LogP contribution >= 0.6 is 24.0 Å². The maximum Gasteiger partial charge on any atom is 0.223 e. The summed E-state index contributed by atoms with van der Waals surface area (Å²) >= 11 is 0. The molecule has 2 aliphatic rings. The van der Waals surface area contributed by atoms with Gasteiger partial charge in [-0.1, -0.05) is 19.3 Å². The van der Waals surface area contributed by atoms with E-state index >= 15 is 0 Å². The summed E-state index contributed by atoms with van der Waals surface area (Å²) in [4.78, 5) is 16.2. The summed E-state index contributed by atoms with van der Waals surface area (Å²) in [6, 6.07) is 0. The first-order valence-corrected chi connectivity index (χ1v) is 10.7. The normalized spacial score (nSPS) is 17.9. The van der Waals surface area contributed by atoms with Crippen LogP contribution in [-0.4, -0.2) is 50.8 Å². The highest BCUT2D eigenvalue weighted by atomic mass is 127. The Morgan fingerprint density at radius 3 is 2.41 bits per heavy atom. The lowest BCUT2D eigenvalue weighted by atomic mass is 9.98. The van der Waals surface area contributed by atoms with Crippen molar-refractivity contribution in [2.24, 2.45) is 10.9 Å². The van der Waals surface area contributed by atoms with Crippen molar-refractivity contribution >= 4 is 35.8 Å². The van der Waals surface area contributed by atoms with E-state index in [1.807, 2.05) is 0 Å². The Bertz CT molecular complexity index is 424. The van der Waals surface area contributed by atoms with Crippen LogP contribution in [-0.2, 0) is 9.53 Å². The minimum Gasteiger partial charge on any atom is -0.378 e. The van der Waals surface area contributed by atoms with Crippen LogP contribution in [0.15, 0.2) is 4.99 Å². The predicted molar refractivity (Wildman–Crippen MR) is 122 cm³/mol. The van der Waals surface area contributed by atoms with Crippen molar-refractivity contribution in [1.29, 1.82) is 0 Å². The van der Waals surface area contributed by atoms with E-state index in [9.17, 15) is 4.79 Å². The second-order valence-electron chi connectivity index (χ2n) is 7.44. The molecule has 0 aromatic rings. The zero-order valence-corrected chi connectivity index (χ0v) is 19.3. The van der Waals surface area contributed by atoms with Gasteiger partial charge in [0.2, 0.25) is 5.91 Å². The lowest BCUT2D eigenvalue weighted by Crippen LogP contribution is -2.41. The Kier molecular flexibility index (Phi) is 13.9. The highest BCUT2D eigenvalue weighted by Crippen LogP contribution is 2.28. The van der Waals surface area contributed by atoms with Gasteiger partial charge in [0.1, 0.15) is 0 Å². The van der Waals surface area contributed by atoms with Gasteiger partial charge in [0.25, 0.3) is 0 Å². The van der Waals surface area contributed by atoms with E-state index in [1.54, 1.807) is 0 Å². The molecule has 1 amide bonds. The van der Waals surface area contributed by atoms with Gasteiger partial charge < -0.3 is 20.7 Å². The Hall–Kier alpha value is -0.570. The number of carbonyl (C=O) groups excluding carboxylic acids is 1. The number of hydrogen-bond donors (Lipinski definition) is 3. The standard InChI is InChI=1S/C20H38N4O2.HI/c1-2-21-20(24-15-14-22-19(25)17-11-12-17)23-13-7-4-8-16-26-18-9-5-3-6-10-18;/h17-18H,2-16H2,1H3,(H,22,25)(H2,21,23,24);1H. The molecule has 6 nitrogen and oxygen atoms in total. The number of guanidine groups is 1. The Morgan fingerprint density at radius 1 is 0.963 bits per heavy atom. The van der Waals surface area contributed by atoms with Gasteiger partial charge in [-0.25, -0.2) is 0 Å². The van der Waals surface area contributed by atoms with Crippen LogP contribution in [0, 0.1) is 5.92 Å². The first-order valence-electron chi connectivity index (χ1n) is 10.7. The van der Waals surface area contributed by atoms with E-state index in [2.05, 4.69) is 27.9 Å². The highest BCUT2D eigenvalue weighted by Gasteiger charge is 2.28. The number of ether oxygens (including phenoxy) is 1. The van der Waals surface area contributed by atoms with E-state index in [4.69, 9.17) is 4.74 Å². The molecular weight excluding hydrogens is 455 g/mol. The molecule has 0 aliphatic heterocycles. The average Bonchev–Trinajstić information content (AvgIpc) is 3.50. The van der Waals surface area contributed by atoms with Crippen LogP contribution in [0.1, 0.15) is 71.1 Å². The Balaban J connectivity index is 0.00000364. The summed E-state index contributed by atoms with van der Waals surface area (Å²) in [5.74, 6) is 1.31. The van der Waals surface area contributed by atoms with Crippen molar-refractivity contribution in [3.8, 4) is 0 Å². The topological polar surface area (TPSA) is 74.8 Å². The van der Waals surface area contributed by atoms with Crippen LogP contribution in [0.5, 0.6) is 0 Å². The number of nitrogens with zero attached hydrogens (tertiary/aromatic N) is 1. The molecule has 0 aromatic heterocycles. The van der Waals surface area contributed by atoms with Crippen LogP contribution in [0.25, 0.3) is 0 Å². The molecule has 27 heavy (non-hydrogen) atoms. The zero-order valence-electron chi connectivity index (χ0n) is 16.9. The molecule has 3 N–H and O–H groups in total. The molecule has 0 spiro atoms. The van der Waals surface area contributed by atoms with E-state index < -0.39 is 0 Å². The fraction of sp³-hybridized carbons (Fsp3) is 0.900. The van der Waals surface area contributed by atoms with Crippen LogP contribution in [0.3, 0.4) is 0 Å². The predicted octanol–water partition coefficient (Wildman–Crippen LogP) is 3.21. The summed E-state index contributed by atoms with van der Waals surface area (Å²) in [5, 5.41) is 9.49. The third-order valence-electron chi connectivity index (χ3n) is 4.99. The third-order valence-corrected chi connectivity index (χ3v) is 4.99. The molecule has 158 valence electrons. The maximum atomic E-state index is 11.6. The molecule has 0 heterocycles. The number of carbonyl (C=O) groups is 1. The second-order valence-corrected chi connectivity index (χ2v) is 7.44. The molecular formula is C20H39IN4O2. The van der Waals surface area contributed by atoms with E-state index in [1.165, 1.54) is 32.1 Å². The van der Waals surface area contributed by atoms with Crippen molar-refractivity contribution in [3.63, 3.8) is 0 Å². The van der Waals surface area contributed by atoms with Gasteiger partial charge in [-0.2, -0.15) is 0 Å². The van der Waals surface area contributed by atoms with E-state index in [-0.39, 0.29) is 35.8 Å². The van der Waals surface area contributed by atoms with Gasteiger partial charge in [0.15, 0.2) is 5.96 Å². The minimum absolute atomic E-state index is 0. The molecule has 2 aliphatic carbocycles. The zero-order chi connectivity index (χ0) is 18.5. The molecule has 0 saturated heterocycles. The number of nitrogens with one attached hydrogen (secondary N) is 3. The van der Waals surface area contributed by atoms with Crippen molar-refractivity contribution in [3.05, 3.63) is 0 Å². The van der Waals surface area contributed by atoms with Crippen LogP contribution in [0.4, 0.5) is 0 Å². The highest BCUT2D eigenvalue weighted by molar-refractivity contribution is 14.0. The summed E-state index contributed by atoms with van der Waals surface area (Å²) in [7, 11) is 0. The minimum atomic E-state index is 0. The Morgan fingerprint density at radius 2 is 1.70 bits per heavy atom. The first-order chi connectivity index (χ1) is 12.8. The van der Waals surface area contributed by atoms with Crippen molar-refractivity contribution in [2.45, 2.75) is 77.2 Å². The lowest BCUT2D eigenvalue weighted by Gasteiger charge is -2.21. The fourth-order valence-corrected chi connectivity index (χ4v) is 3.26. The molecule has 2 fully saturated rings. The summed E-state index contributed by atoms with van der Waals surface area (Å²) in [5.41, 5.74) is 0. The van der Waals surface area contributed by atoms with Gasteiger partial charge in [-0.05, 0) is 51.9 Å². The largest absolute Gasteiger partial charge is 0.378 e. The first kappa shape index (κ1) is 24.5. The Labute approximate surface area is 182 Å². The number of hydrogen-bond acceptors (Lipinski definition) is 3. The molecule has 0 atom stereocenters. The van der Waals surface area contributed by atoms with Crippen LogP contribution in [0.2, 0.25) is 0 Å². The monoisotopic (exact) mass is 494 g/mol. The molecule has 0 bridgehead atoms.